The van der Waals surface area contributed by atoms with Gasteiger partial charge in [0, 0.05) is 30.3 Å². The summed E-state index contributed by atoms with van der Waals surface area (Å²) in [6, 6.07) is 5.32. The molecule has 2 aromatic rings. The molecule has 2 N–H and O–H groups in total. The number of carboxylic acids is 1. The average molecular weight is 349 g/mol. The standard InChI is InChI=1S/C17H17F2N3O3/c18-12-3-1-2-11(16(12)19)9-22(7-6-15(23)24)17(25)14-8-13(20-21-14)10-4-5-10/h1-3,8,10H,4-7,9H2,(H,20,21)(H,23,24). The van der Waals surface area contributed by atoms with E-state index in [1.165, 1.54) is 17.0 Å². The average Bonchev–Trinajstić information content (AvgIpc) is 3.31. The van der Waals surface area contributed by atoms with Crippen molar-refractivity contribution in [1.82, 2.24) is 15.1 Å². The molecule has 1 heterocycles. The van der Waals surface area contributed by atoms with Crippen molar-refractivity contribution in [2.24, 2.45) is 0 Å². The normalized spacial score (nSPS) is 13.7. The van der Waals surface area contributed by atoms with Crippen molar-refractivity contribution in [1.29, 1.82) is 0 Å². The highest BCUT2D eigenvalue weighted by Gasteiger charge is 2.28. The van der Waals surface area contributed by atoms with Crippen molar-refractivity contribution in [2.45, 2.75) is 31.7 Å². The van der Waals surface area contributed by atoms with Crippen LogP contribution in [0.4, 0.5) is 8.78 Å². The molecular formula is C17H17F2N3O3. The van der Waals surface area contributed by atoms with Crippen LogP contribution in [0.1, 0.15) is 46.9 Å². The lowest BCUT2D eigenvalue weighted by atomic mass is 10.1. The summed E-state index contributed by atoms with van der Waals surface area (Å²) in [6.07, 6.45) is 1.77. The molecular weight excluding hydrogens is 332 g/mol. The molecule has 0 saturated heterocycles. The summed E-state index contributed by atoms with van der Waals surface area (Å²) < 4.78 is 27.3. The van der Waals surface area contributed by atoms with Gasteiger partial charge < -0.3 is 10.0 Å². The van der Waals surface area contributed by atoms with Crippen LogP contribution in [0.3, 0.4) is 0 Å². The van der Waals surface area contributed by atoms with Gasteiger partial charge in [0.1, 0.15) is 5.69 Å². The molecule has 1 aliphatic rings. The first-order chi connectivity index (χ1) is 12.0. The second kappa shape index (κ2) is 7.00. The van der Waals surface area contributed by atoms with Crippen molar-refractivity contribution in [3.8, 4) is 0 Å². The second-order valence-electron chi connectivity index (χ2n) is 6.07. The number of carbonyl (C=O) groups excluding carboxylic acids is 1. The Morgan fingerprint density at radius 1 is 1.32 bits per heavy atom. The summed E-state index contributed by atoms with van der Waals surface area (Å²) in [7, 11) is 0. The number of carboxylic acid groups (broad SMARTS) is 1. The third-order valence-electron chi connectivity index (χ3n) is 4.11. The zero-order chi connectivity index (χ0) is 18.0. The number of amides is 1. The fourth-order valence-corrected chi connectivity index (χ4v) is 2.57. The topological polar surface area (TPSA) is 86.3 Å². The van der Waals surface area contributed by atoms with Crippen LogP contribution < -0.4 is 0 Å². The van der Waals surface area contributed by atoms with Crippen LogP contribution in [0.25, 0.3) is 0 Å². The van der Waals surface area contributed by atoms with Crippen molar-refractivity contribution in [2.75, 3.05) is 6.54 Å². The van der Waals surface area contributed by atoms with Gasteiger partial charge in [-0.15, -0.1) is 0 Å². The summed E-state index contributed by atoms with van der Waals surface area (Å²) >= 11 is 0. The second-order valence-corrected chi connectivity index (χ2v) is 6.07. The van der Waals surface area contributed by atoms with Crippen LogP contribution in [0, 0.1) is 11.6 Å². The first-order valence-corrected chi connectivity index (χ1v) is 7.95. The van der Waals surface area contributed by atoms with Crippen molar-refractivity contribution in [3.63, 3.8) is 0 Å². The van der Waals surface area contributed by atoms with Crippen molar-refractivity contribution >= 4 is 11.9 Å². The molecule has 1 aromatic heterocycles. The third kappa shape index (κ3) is 4.01. The van der Waals surface area contributed by atoms with E-state index in [1.807, 2.05) is 0 Å². The summed E-state index contributed by atoms with van der Waals surface area (Å²) in [6.45, 7) is -0.364. The number of carbonyl (C=O) groups is 2. The van der Waals surface area contributed by atoms with E-state index in [0.29, 0.717) is 5.92 Å². The Balaban J connectivity index is 1.80. The Bertz CT molecular complexity index is 802. The van der Waals surface area contributed by atoms with Crippen LogP contribution in [0.2, 0.25) is 0 Å². The summed E-state index contributed by atoms with van der Waals surface area (Å²) in [5.41, 5.74) is 0.985. The molecule has 6 nitrogen and oxygen atoms in total. The minimum atomic E-state index is -1.08. The molecule has 1 aromatic carbocycles. The molecule has 8 heteroatoms. The van der Waals surface area contributed by atoms with E-state index >= 15 is 0 Å². The minimum absolute atomic E-state index is 0.0170. The van der Waals surface area contributed by atoms with E-state index in [0.717, 1.165) is 24.6 Å². The summed E-state index contributed by atoms with van der Waals surface area (Å²) in [4.78, 5) is 24.7. The van der Waals surface area contributed by atoms with Gasteiger partial charge in [0.25, 0.3) is 5.91 Å². The number of benzene rings is 1. The van der Waals surface area contributed by atoms with E-state index < -0.39 is 23.5 Å². The van der Waals surface area contributed by atoms with Gasteiger partial charge in [-0.25, -0.2) is 8.78 Å². The van der Waals surface area contributed by atoms with Gasteiger partial charge in [0.2, 0.25) is 0 Å². The monoisotopic (exact) mass is 349 g/mol. The Kier molecular flexibility index (Phi) is 4.78. The molecule has 0 aliphatic heterocycles. The number of hydrogen-bond acceptors (Lipinski definition) is 3. The highest BCUT2D eigenvalue weighted by molar-refractivity contribution is 5.92. The molecule has 1 amide bonds. The summed E-state index contributed by atoms with van der Waals surface area (Å²) in [5.74, 6) is -3.29. The zero-order valence-corrected chi connectivity index (χ0v) is 13.3. The van der Waals surface area contributed by atoms with Gasteiger partial charge in [0.15, 0.2) is 11.6 Å². The number of hydrogen-bond donors (Lipinski definition) is 2. The Hall–Kier alpha value is -2.77. The van der Waals surface area contributed by atoms with E-state index in [2.05, 4.69) is 10.2 Å². The van der Waals surface area contributed by atoms with Gasteiger partial charge in [-0.05, 0) is 25.0 Å². The van der Waals surface area contributed by atoms with Crippen molar-refractivity contribution in [3.05, 3.63) is 52.9 Å². The third-order valence-corrected chi connectivity index (χ3v) is 4.11. The van der Waals surface area contributed by atoms with Crippen molar-refractivity contribution < 1.29 is 23.5 Å². The maximum Gasteiger partial charge on any atom is 0.305 e. The molecule has 0 unspecified atom stereocenters. The van der Waals surface area contributed by atoms with E-state index in [4.69, 9.17) is 5.11 Å². The summed E-state index contributed by atoms with van der Waals surface area (Å²) in [5, 5.41) is 15.7. The lowest BCUT2D eigenvalue weighted by Crippen LogP contribution is -2.33. The number of halogens is 2. The van der Waals surface area contributed by atoms with Crippen LogP contribution in [-0.2, 0) is 11.3 Å². The van der Waals surface area contributed by atoms with Gasteiger partial charge in [-0.3, -0.25) is 14.7 Å². The molecule has 0 bridgehead atoms. The van der Waals surface area contributed by atoms with Crippen LogP contribution in [0.15, 0.2) is 24.3 Å². The molecule has 0 atom stereocenters. The largest absolute Gasteiger partial charge is 0.481 e. The highest BCUT2D eigenvalue weighted by Crippen LogP contribution is 2.39. The number of aliphatic carboxylic acids is 1. The van der Waals surface area contributed by atoms with Crippen LogP contribution in [-0.4, -0.2) is 38.6 Å². The number of aromatic nitrogens is 2. The Labute approximate surface area is 142 Å². The quantitative estimate of drug-likeness (QED) is 0.805. The first-order valence-electron chi connectivity index (χ1n) is 7.95. The van der Waals surface area contributed by atoms with Gasteiger partial charge in [-0.1, -0.05) is 12.1 Å². The number of nitrogens with zero attached hydrogens (tertiary/aromatic N) is 2. The Morgan fingerprint density at radius 3 is 2.76 bits per heavy atom. The molecule has 1 saturated carbocycles. The van der Waals surface area contributed by atoms with Gasteiger partial charge in [0.05, 0.1) is 6.42 Å². The first kappa shape index (κ1) is 17.1. The SMILES string of the molecule is O=C(O)CCN(Cc1cccc(F)c1F)C(=O)c1cc(C2CC2)[nH]n1. The van der Waals surface area contributed by atoms with E-state index in [1.54, 1.807) is 6.07 Å². The smallest absolute Gasteiger partial charge is 0.305 e. The zero-order valence-electron chi connectivity index (χ0n) is 13.3. The number of nitrogens with one attached hydrogen (secondary N) is 1. The maximum absolute atomic E-state index is 13.9. The molecule has 3 rings (SSSR count). The fraction of sp³-hybridized carbons (Fsp3) is 0.353. The van der Waals surface area contributed by atoms with Crippen LogP contribution in [0.5, 0.6) is 0 Å². The lowest BCUT2D eigenvalue weighted by molar-refractivity contribution is -0.137. The molecule has 1 aliphatic carbocycles. The highest BCUT2D eigenvalue weighted by atomic mass is 19.2. The van der Waals surface area contributed by atoms with E-state index in [-0.39, 0.29) is 30.8 Å². The predicted molar refractivity (Wildman–Crippen MR) is 83.9 cm³/mol. The lowest BCUT2D eigenvalue weighted by Gasteiger charge is -2.21. The molecule has 0 radical (unpaired) electrons. The number of rotatable bonds is 7. The minimum Gasteiger partial charge on any atom is -0.481 e. The van der Waals surface area contributed by atoms with Gasteiger partial charge >= 0.3 is 5.97 Å². The fourth-order valence-electron chi connectivity index (χ4n) is 2.57. The number of aromatic amines is 1. The Morgan fingerprint density at radius 2 is 2.08 bits per heavy atom. The maximum atomic E-state index is 13.9. The molecule has 0 spiro atoms. The predicted octanol–water partition coefficient (Wildman–Crippen LogP) is 2.68. The van der Waals surface area contributed by atoms with E-state index in [9.17, 15) is 18.4 Å². The molecule has 25 heavy (non-hydrogen) atoms. The number of H-pyrrole nitrogens is 1. The van der Waals surface area contributed by atoms with Crippen LogP contribution >= 0.6 is 0 Å². The molecule has 1 fully saturated rings. The molecule has 132 valence electrons. The van der Waals surface area contributed by atoms with Gasteiger partial charge in [-0.2, -0.15) is 5.10 Å².